The molecule has 1 aromatic carbocycles. The Bertz CT molecular complexity index is 385. The molecule has 1 unspecified atom stereocenters. The number of fused-ring (bicyclic) bond motifs is 1. The zero-order chi connectivity index (χ0) is 11.7. The predicted octanol–water partition coefficient (Wildman–Crippen LogP) is 3.13. The van der Waals surface area contributed by atoms with Crippen LogP contribution in [0, 0.1) is 13.8 Å². The van der Waals surface area contributed by atoms with Crippen LogP contribution >= 0.6 is 0 Å². The average Bonchev–Trinajstić information content (AvgIpc) is 2.20. The molecule has 1 heterocycles. The van der Waals surface area contributed by atoms with Crippen LogP contribution in [0.1, 0.15) is 43.0 Å². The molecule has 2 rings (SSSR count). The lowest BCUT2D eigenvalue weighted by Crippen LogP contribution is -2.32. The van der Waals surface area contributed by atoms with Crippen LogP contribution in [-0.2, 0) is 0 Å². The molecule has 0 saturated heterocycles. The summed E-state index contributed by atoms with van der Waals surface area (Å²) in [7, 11) is 0. The fourth-order valence-corrected chi connectivity index (χ4v) is 2.23. The molecular formula is C14H21NO. The summed E-state index contributed by atoms with van der Waals surface area (Å²) < 4.78 is 5.73. The minimum Gasteiger partial charge on any atom is -0.493 e. The van der Waals surface area contributed by atoms with E-state index in [2.05, 4.69) is 45.1 Å². The molecule has 1 aromatic rings. The van der Waals surface area contributed by atoms with E-state index in [1.165, 1.54) is 16.7 Å². The molecule has 2 heteroatoms. The lowest BCUT2D eigenvalue weighted by molar-refractivity contribution is 0.247. The van der Waals surface area contributed by atoms with Gasteiger partial charge in [0.05, 0.1) is 6.61 Å². The molecule has 0 amide bonds. The normalized spacial score (nSPS) is 19.4. The van der Waals surface area contributed by atoms with Gasteiger partial charge in [0.25, 0.3) is 0 Å². The van der Waals surface area contributed by atoms with Gasteiger partial charge in [-0.25, -0.2) is 0 Å². The molecule has 0 aliphatic carbocycles. The van der Waals surface area contributed by atoms with E-state index in [1.54, 1.807) is 0 Å². The summed E-state index contributed by atoms with van der Waals surface area (Å²) in [5.74, 6) is 1.06. The van der Waals surface area contributed by atoms with Crippen LogP contribution in [0.15, 0.2) is 12.1 Å². The third-order valence-electron chi connectivity index (χ3n) is 3.20. The van der Waals surface area contributed by atoms with E-state index in [9.17, 15) is 0 Å². The highest BCUT2D eigenvalue weighted by atomic mass is 16.5. The summed E-state index contributed by atoms with van der Waals surface area (Å²) in [6.07, 6.45) is 1.06. The van der Waals surface area contributed by atoms with E-state index in [1.807, 2.05) is 0 Å². The lowest BCUT2D eigenvalue weighted by atomic mass is 9.95. The molecule has 0 bridgehead atoms. The Kier molecular flexibility index (Phi) is 3.20. The van der Waals surface area contributed by atoms with Crippen LogP contribution in [0.2, 0.25) is 0 Å². The van der Waals surface area contributed by atoms with E-state index in [0.717, 1.165) is 18.8 Å². The van der Waals surface area contributed by atoms with Crippen molar-refractivity contribution in [1.82, 2.24) is 5.32 Å². The van der Waals surface area contributed by atoms with Gasteiger partial charge in [-0.2, -0.15) is 0 Å². The number of rotatable bonds is 2. The van der Waals surface area contributed by atoms with Crippen molar-refractivity contribution in [2.24, 2.45) is 0 Å². The Morgan fingerprint density at radius 3 is 2.62 bits per heavy atom. The number of hydrogen-bond donors (Lipinski definition) is 1. The highest BCUT2D eigenvalue weighted by molar-refractivity contribution is 5.44. The Balaban J connectivity index is 2.34. The van der Waals surface area contributed by atoms with Crippen molar-refractivity contribution in [3.05, 3.63) is 28.8 Å². The first-order valence-electron chi connectivity index (χ1n) is 6.08. The fourth-order valence-electron chi connectivity index (χ4n) is 2.23. The van der Waals surface area contributed by atoms with Gasteiger partial charge in [-0.05, 0) is 31.0 Å². The molecule has 0 saturated carbocycles. The number of aryl methyl sites for hydroxylation is 2. The molecule has 0 aromatic heterocycles. The number of benzene rings is 1. The second-order valence-electron chi connectivity index (χ2n) is 4.99. The smallest absolute Gasteiger partial charge is 0.124 e. The maximum atomic E-state index is 5.73. The highest BCUT2D eigenvalue weighted by Crippen LogP contribution is 2.34. The monoisotopic (exact) mass is 219 g/mol. The minimum absolute atomic E-state index is 0.447. The fraction of sp³-hybridized carbons (Fsp3) is 0.571. The average molecular weight is 219 g/mol. The van der Waals surface area contributed by atoms with Gasteiger partial charge in [0.2, 0.25) is 0 Å². The van der Waals surface area contributed by atoms with Crippen LogP contribution in [-0.4, -0.2) is 12.6 Å². The van der Waals surface area contributed by atoms with E-state index in [0.29, 0.717) is 12.1 Å². The van der Waals surface area contributed by atoms with Crippen molar-refractivity contribution in [1.29, 1.82) is 0 Å². The van der Waals surface area contributed by atoms with Crippen LogP contribution in [0.25, 0.3) is 0 Å². The van der Waals surface area contributed by atoms with Crippen molar-refractivity contribution < 1.29 is 4.74 Å². The molecule has 0 radical (unpaired) electrons. The molecule has 1 atom stereocenters. The Morgan fingerprint density at radius 2 is 1.94 bits per heavy atom. The third kappa shape index (κ3) is 2.22. The summed E-state index contributed by atoms with van der Waals surface area (Å²) in [4.78, 5) is 0. The van der Waals surface area contributed by atoms with Gasteiger partial charge in [0, 0.05) is 24.1 Å². The van der Waals surface area contributed by atoms with Crippen LogP contribution in [0.4, 0.5) is 0 Å². The Morgan fingerprint density at radius 1 is 1.25 bits per heavy atom. The van der Waals surface area contributed by atoms with Crippen molar-refractivity contribution in [2.75, 3.05) is 6.61 Å². The topological polar surface area (TPSA) is 21.3 Å². The van der Waals surface area contributed by atoms with Gasteiger partial charge >= 0.3 is 0 Å². The van der Waals surface area contributed by atoms with E-state index in [4.69, 9.17) is 4.74 Å². The second kappa shape index (κ2) is 4.46. The van der Waals surface area contributed by atoms with Gasteiger partial charge in [0.15, 0.2) is 0 Å². The van der Waals surface area contributed by atoms with Crippen LogP contribution < -0.4 is 10.1 Å². The maximum absolute atomic E-state index is 5.73. The van der Waals surface area contributed by atoms with Crippen molar-refractivity contribution in [3.8, 4) is 5.75 Å². The van der Waals surface area contributed by atoms with Gasteiger partial charge in [-0.1, -0.05) is 19.9 Å². The van der Waals surface area contributed by atoms with E-state index >= 15 is 0 Å². The third-order valence-corrected chi connectivity index (χ3v) is 3.20. The molecule has 88 valence electrons. The first kappa shape index (κ1) is 11.5. The van der Waals surface area contributed by atoms with Crippen molar-refractivity contribution >= 4 is 0 Å². The van der Waals surface area contributed by atoms with Gasteiger partial charge in [-0.15, -0.1) is 0 Å². The van der Waals surface area contributed by atoms with Crippen LogP contribution in [0.3, 0.4) is 0 Å². The quantitative estimate of drug-likeness (QED) is 0.825. The number of hydrogen-bond acceptors (Lipinski definition) is 2. The minimum atomic E-state index is 0.447. The summed E-state index contributed by atoms with van der Waals surface area (Å²) in [5, 5.41) is 3.60. The molecule has 1 N–H and O–H groups in total. The molecule has 16 heavy (non-hydrogen) atoms. The van der Waals surface area contributed by atoms with Crippen molar-refractivity contribution in [2.45, 2.75) is 46.2 Å². The largest absolute Gasteiger partial charge is 0.493 e. The van der Waals surface area contributed by atoms with Crippen LogP contribution in [0.5, 0.6) is 5.75 Å². The van der Waals surface area contributed by atoms with Gasteiger partial charge in [0.1, 0.15) is 5.75 Å². The molecule has 2 nitrogen and oxygen atoms in total. The highest BCUT2D eigenvalue weighted by Gasteiger charge is 2.22. The maximum Gasteiger partial charge on any atom is 0.124 e. The predicted molar refractivity (Wildman–Crippen MR) is 67.0 cm³/mol. The Hall–Kier alpha value is -1.02. The summed E-state index contributed by atoms with van der Waals surface area (Å²) in [5.41, 5.74) is 3.98. The lowest BCUT2D eigenvalue weighted by Gasteiger charge is -2.29. The number of nitrogens with one attached hydrogen (secondary N) is 1. The SMILES string of the molecule is Cc1cc2c(cc1C)C(NC(C)C)CCO2. The summed E-state index contributed by atoms with van der Waals surface area (Å²) in [6, 6.07) is 5.39. The summed E-state index contributed by atoms with van der Waals surface area (Å²) in [6.45, 7) is 9.50. The van der Waals surface area contributed by atoms with E-state index < -0.39 is 0 Å². The molecule has 0 fully saturated rings. The first-order valence-corrected chi connectivity index (χ1v) is 6.08. The van der Waals surface area contributed by atoms with Gasteiger partial charge < -0.3 is 10.1 Å². The summed E-state index contributed by atoms with van der Waals surface area (Å²) >= 11 is 0. The van der Waals surface area contributed by atoms with E-state index in [-0.39, 0.29) is 0 Å². The molecule has 0 spiro atoms. The number of ether oxygens (including phenoxy) is 1. The Labute approximate surface area is 98.0 Å². The molecule has 1 aliphatic rings. The van der Waals surface area contributed by atoms with Crippen molar-refractivity contribution in [3.63, 3.8) is 0 Å². The zero-order valence-corrected chi connectivity index (χ0v) is 10.6. The zero-order valence-electron chi connectivity index (χ0n) is 10.6. The first-order chi connectivity index (χ1) is 7.58. The standard InChI is InChI=1S/C14H21NO/c1-9(2)15-13-5-6-16-14-8-11(4)10(3)7-12(13)14/h7-9,13,15H,5-6H2,1-4H3. The molecular weight excluding hydrogens is 198 g/mol. The molecule has 1 aliphatic heterocycles. The second-order valence-corrected chi connectivity index (χ2v) is 4.99. The van der Waals surface area contributed by atoms with Gasteiger partial charge in [-0.3, -0.25) is 0 Å².